The van der Waals surface area contributed by atoms with Crippen molar-refractivity contribution in [2.24, 2.45) is 10.7 Å². The van der Waals surface area contributed by atoms with Crippen LogP contribution in [0, 0.1) is 0 Å². The minimum atomic E-state index is -0.0403. The third kappa shape index (κ3) is 5.36. The normalized spacial score (nSPS) is 13.5. The molecule has 0 spiro atoms. The first kappa shape index (κ1) is 33.3. The highest BCUT2D eigenvalue weighted by Crippen LogP contribution is 2.49. The van der Waals surface area contributed by atoms with Crippen molar-refractivity contribution in [2.75, 3.05) is 0 Å². The Bertz CT molecular complexity index is 3220. The summed E-state index contributed by atoms with van der Waals surface area (Å²) in [5.41, 5.74) is 21.4. The molecule has 10 aromatic rings. The molecule has 0 amide bonds. The number of aliphatic imine (C=N–C) groups is 1. The largest absolute Gasteiger partial charge is 0.383 e. The van der Waals surface area contributed by atoms with Crippen LogP contribution in [0.5, 0.6) is 0 Å². The summed E-state index contributed by atoms with van der Waals surface area (Å²) < 4.78 is 0. The van der Waals surface area contributed by atoms with Gasteiger partial charge in [-0.2, -0.15) is 0 Å². The zero-order valence-electron chi connectivity index (χ0n) is 32.1. The Morgan fingerprint density at radius 2 is 1.11 bits per heavy atom. The fraction of sp³-hybridized carbons (Fsp3) is 0.0727. The molecule has 0 radical (unpaired) electrons. The Hall–Kier alpha value is -7.03. The molecule has 270 valence electrons. The van der Waals surface area contributed by atoms with Gasteiger partial charge in [-0.05, 0) is 106 Å². The number of nitrogens with two attached hydrogens (primary N) is 1. The molecule has 0 aliphatic heterocycles. The SMILES string of the molecule is CC1(C)c2ccccc2-c2ccc(-c3cccc(Cc4ccc5ccccc5c4N=C(N)c4ccc(-c5ccc6ccc7cccc8ccc5c6c78)cc4)c3)cc21. The van der Waals surface area contributed by atoms with Crippen LogP contribution in [0.1, 0.15) is 41.7 Å². The molecule has 2 nitrogen and oxygen atoms in total. The maximum atomic E-state index is 6.91. The first-order valence-electron chi connectivity index (χ1n) is 19.9. The third-order valence-electron chi connectivity index (χ3n) is 12.5. The zero-order chi connectivity index (χ0) is 38.3. The van der Waals surface area contributed by atoms with E-state index < -0.39 is 0 Å². The van der Waals surface area contributed by atoms with Gasteiger partial charge in [-0.25, -0.2) is 4.99 Å². The number of benzene rings is 10. The highest BCUT2D eigenvalue weighted by molar-refractivity contribution is 6.25. The van der Waals surface area contributed by atoms with Crippen molar-refractivity contribution < 1.29 is 0 Å². The standard InChI is InChI=1S/C55H40N2/c1-55(2)49-16-6-5-15-46(49)47-29-27-42(33-50(47)55)41-13-7-9-34(31-41)32-43-24-19-35-10-3-4-14-45(35)53(43)57-54(56)40-22-17-36(18-23-40)44-28-25-39-21-20-37-11-8-12-38-26-30-48(44)52(39)51(37)38/h3-31,33H,32H2,1-2H3,(H2,56,57). The average molecular weight is 729 g/mol. The van der Waals surface area contributed by atoms with E-state index in [1.54, 1.807) is 0 Å². The molecule has 1 aliphatic carbocycles. The lowest BCUT2D eigenvalue weighted by Crippen LogP contribution is -2.14. The molecule has 1 aliphatic rings. The highest BCUT2D eigenvalue weighted by Gasteiger charge is 2.35. The topological polar surface area (TPSA) is 38.4 Å². The molecule has 2 heteroatoms. The lowest BCUT2D eigenvalue weighted by molar-refractivity contribution is 0.660. The van der Waals surface area contributed by atoms with Crippen molar-refractivity contribution in [1.29, 1.82) is 0 Å². The van der Waals surface area contributed by atoms with Gasteiger partial charge in [0.25, 0.3) is 0 Å². The van der Waals surface area contributed by atoms with Crippen molar-refractivity contribution >= 4 is 54.6 Å². The van der Waals surface area contributed by atoms with Crippen molar-refractivity contribution in [3.05, 3.63) is 210 Å². The molecule has 0 atom stereocenters. The predicted molar refractivity (Wildman–Crippen MR) is 242 cm³/mol. The summed E-state index contributed by atoms with van der Waals surface area (Å²) in [7, 11) is 0. The molecule has 0 saturated carbocycles. The monoisotopic (exact) mass is 728 g/mol. The molecule has 10 aromatic carbocycles. The predicted octanol–water partition coefficient (Wildman–Crippen LogP) is 14.0. The van der Waals surface area contributed by atoms with Crippen LogP contribution in [0.15, 0.2) is 187 Å². The number of nitrogens with zero attached hydrogens (tertiary/aromatic N) is 1. The lowest BCUT2D eigenvalue weighted by Gasteiger charge is -2.22. The summed E-state index contributed by atoms with van der Waals surface area (Å²) >= 11 is 0. The van der Waals surface area contributed by atoms with Crippen LogP contribution in [-0.4, -0.2) is 5.84 Å². The Morgan fingerprint density at radius 1 is 0.474 bits per heavy atom. The summed E-state index contributed by atoms with van der Waals surface area (Å²) in [6.07, 6.45) is 0.736. The van der Waals surface area contributed by atoms with Crippen LogP contribution in [0.4, 0.5) is 5.69 Å². The number of amidine groups is 1. The molecule has 0 aromatic heterocycles. The van der Waals surface area contributed by atoms with Gasteiger partial charge in [0, 0.05) is 16.4 Å². The highest BCUT2D eigenvalue weighted by atomic mass is 14.9. The van der Waals surface area contributed by atoms with Crippen LogP contribution in [-0.2, 0) is 11.8 Å². The number of rotatable bonds is 6. The van der Waals surface area contributed by atoms with Crippen molar-refractivity contribution in [1.82, 2.24) is 0 Å². The molecule has 57 heavy (non-hydrogen) atoms. The maximum Gasteiger partial charge on any atom is 0.131 e. The van der Waals surface area contributed by atoms with Crippen LogP contribution >= 0.6 is 0 Å². The molecule has 0 fully saturated rings. The first-order valence-corrected chi connectivity index (χ1v) is 19.9. The summed E-state index contributed by atoms with van der Waals surface area (Å²) in [4.78, 5) is 5.21. The van der Waals surface area contributed by atoms with Gasteiger partial charge in [0.05, 0.1) is 5.69 Å². The zero-order valence-corrected chi connectivity index (χ0v) is 32.1. The third-order valence-corrected chi connectivity index (χ3v) is 12.5. The minimum Gasteiger partial charge on any atom is -0.383 e. The Kier molecular flexibility index (Phi) is 7.46. The molecule has 0 saturated heterocycles. The maximum absolute atomic E-state index is 6.91. The van der Waals surface area contributed by atoms with Gasteiger partial charge in [-0.3, -0.25) is 0 Å². The van der Waals surface area contributed by atoms with Crippen LogP contribution in [0.3, 0.4) is 0 Å². The summed E-state index contributed by atoms with van der Waals surface area (Å²) in [5, 5.41) is 9.98. The van der Waals surface area contributed by atoms with Gasteiger partial charge in [0.2, 0.25) is 0 Å². The number of fused-ring (bicyclic) bond motifs is 4. The van der Waals surface area contributed by atoms with E-state index in [0.29, 0.717) is 5.84 Å². The van der Waals surface area contributed by atoms with E-state index in [4.69, 9.17) is 10.7 Å². The first-order chi connectivity index (χ1) is 27.9. The second kappa shape index (κ2) is 12.8. The molecular weight excluding hydrogens is 689 g/mol. The quantitative estimate of drug-likeness (QED) is 0.103. The number of hydrogen-bond donors (Lipinski definition) is 1. The Morgan fingerprint density at radius 3 is 1.96 bits per heavy atom. The molecule has 2 N–H and O–H groups in total. The van der Waals surface area contributed by atoms with E-state index in [1.165, 1.54) is 76.8 Å². The van der Waals surface area contributed by atoms with Gasteiger partial charge >= 0.3 is 0 Å². The smallest absolute Gasteiger partial charge is 0.131 e. The van der Waals surface area contributed by atoms with Gasteiger partial charge in [-0.1, -0.05) is 190 Å². The van der Waals surface area contributed by atoms with E-state index in [9.17, 15) is 0 Å². The fourth-order valence-electron chi connectivity index (χ4n) is 9.53. The Labute approximate surface area is 332 Å². The summed E-state index contributed by atoms with van der Waals surface area (Å²) in [5.74, 6) is 0.505. The lowest BCUT2D eigenvalue weighted by atomic mass is 9.81. The van der Waals surface area contributed by atoms with E-state index >= 15 is 0 Å². The van der Waals surface area contributed by atoms with Crippen molar-refractivity contribution in [3.63, 3.8) is 0 Å². The van der Waals surface area contributed by atoms with Gasteiger partial charge in [-0.15, -0.1) is 0 Å². The van der Waals surface area contributed by atoms with Crippen LogP contribution in [0.25, 0.3) is 76.5 Å². The molecule has 0 heterocycles. The van der Waals surface area contributed by atoms with Gasteiger partial charge in [0.1, 0.15) is 5.84 Å². The fourth-order valence-corrected chi connectivity index (χ4v) is 9.53. The van der Waals surface area contributed by atoms with Gasteiger partial charge in [0.15, 0.2) is 0 Å². The van der Waals surface area contributed by atoms with Crippen LogP contribution in [0.2, 0.25) is 0 Å². The number of hydrogen-bond acceptors (Lipinski definition) is 1. The summed E-state index contributed by atoms with van der Waals surface area (Å²) in [6.45, 7) is 4.68. The molecular formula is C55H40N2. The van der Waals surface area contributed by atoms with E-state index in [-0.39, 0.29) is 5.41 Å². The van der Waals surface area contributed by atoms with E-state index in [0.717, 1.165) is 39.6 Å². The molecule has 11 rings (SSSR count). The summed E-state index contributed by atoms with van der Waals surface area (Å²) in [6, 6.07) is 66.3. The van der Waals surface area contributed by atoms with Crippen molar-refractivity contribution in [3.8, 4) is 33.4 Å². The van der Waals surface area contributed by atoms with Gasteiger partial charge < -0.3 is 5.73 Å². The molecule has 0 unspecified atom stereocenters. The van der Waals surface area contributed by atoms with Crippen molar-refractivity contribution in [2.45, 2.75) is 25.7 Å². The Balaban J connectivity index is 0.932. The second-order valence-electron chi connectivity index (χ2n) is 16.1. The molecule has 0 bridgehead atoms. The average Bonchev–Trinajstić information content (AvgIpc) is 3.49. The minimum absolute atomic E-state index is 0.0403. The second-order valence-corrected chi connectivity index (χ2v) is 16.1. The van der Waals surface area contributed by atoms with E-state index in [2.05, 4.69) is 196 Å². The van der Waals surface area contributed by atoms with Crippen LogP contribution < -0.4 is 5.73 Å². The van der Waals surface area contributed by atoms with E-state index in [1.807, 2.05) is 0 Å².